The molecule has 0 fully saturated rings. The van der Waals surface area contributed by atoms with Crippen molar-refractivity contribution in [2.75, 3.05) is 4.72 Å². The Balaban J connectivity index is 2.35. The molecule has 0 amide bonds. The van der Waals surface area contributed by atoms with Gasteiger partial charge in [-0.3, -0.25) is 4.72 Å². The van der Waals surface area contributed by atoms with E-state index in [0.29, 0.717) is 21.3 Å². The molecule has 1 N–H and O–H groups in total. The Morgan fingerprint density at radius 3 is 2.11 bits per heavy atom. The summed E-state index contributed by atoms with van der Waals surface area (Å²) in [6.07, 6.45) is 0. The first-order chi connectivity index (χ1) is 8.88. The van der Waals surface area contributed by atoms with E-state index in [1.165, 1.54) is 6.07 Å². The van der Waals surface area contributed by atoms with E-state index >= 15 is 0 Å². The van der Waals surface area contributed by atoms with Gasteiger partial charge in [-0.2, -0.15) is 0 Å². The van der Waals surface area contributed by atoms with Crippen molar-refractivity contribution >= 4 is 38.9 Å². The lowest BCUT2D eigenvalue weighted by atomic mass is 10.2. The second-order valence-corrected chi connectivity index (χ2v) is 6.55. The number of sulfonamides is 1. The van der Waals surface area contributed by atoms with Gasteiger partial charge in [-0.1, -0.05) is 23.2 Å². The molecule has 2 rings (SSSR count). The van der Waals surface area contributed by atoms with Crippen molar-refractivity contribution in [1.29, 1.82) is 0 Å². The molecule has 2 aromatic carbocycles. The number of benzene rings is 2. The van der Waals surface area contributed by atoms with Crippen LogP contribution in [0.25, 0.3) is 0 Å². The molecule has 0 bridgehead atoms. The van der Waals surface area contributed by atoms with Crippen LogP contribution in [0.1, 0.15) is 5.56 Å². The number of halogens is 2. The minimum atomic E-state index is -3.63. The van der Waals surface area contributed by atoms with E-state index in [-0.39, 0.29) is 4.90 Å². The molecule has 0 aliphatic heterocycles. The van der Waals surface area contributed by atoms with E-state index in [1.54, 1.807) is 43.3 Å². The highest BCUT2D eigenvalue weighted by molar-refractivity contribution is 7.92. The molecule has 100 valence electrons. The van der Waals surface area contributed by atoms with Crippen LogP contribution in [0.5, 0.6) is 0 Å². The molecule has 6 heteroatoms. The Morgan fingerprint density at radius 2 is 1.53 bits per heavy atom. The van der Waals surface area contributed by atoms with Gasteiger partial charge >= 0.3 is 0 Å². The van der Waals surface area contributed by atoms with Gasteiger partial charge in [-0.05, 0) is 55.0 Å². The maximum Gasteiger partial charge on any atom is 0.262 e. The topological polar surface area (TPSA) is 46.2 Å². The van der Waals surface area contributed by atoms with Crippen LogP contribution in [-0.4, -0.2) is 8.42 Å². The van der Waals surface area contributed by atoms with E-state index in [9.17, 15) is 8.42 Å². The number of nitrogens with one attached hydrogen (secondary N) is 1. The molecule has 0 atom stereocenters. The highest BCUT2D eigenvalue weighted by atomic mass is 35.5. The van der Waals surface area contributed by atoms with Crippen LogP contribution in [0, 0.1) is 6.92 Å². The second-order valence-electron chi connectivity index (χ2n) is 4.02. The van der Waals surface area contributed by atoms with Crippen LogP contribution in [0.15, 0.2) is 47.4 Å². The average molecular weight is 316 g/mol. The summed E-state index contributed by atoms with van der Waals surface area (Å²) in [6, 6.07) is 11.1. The third-order valence-corrected chi connectivity index (χ3v) is 4.55. The van der Waals surface area contributed by atoms with Crippen molar-refractivity contribution in [1.82, 2.24) is 0 Å². The van der Waals surface area contributed by atoms with Gasteiger partial charge in [-0.15, -0.1) is 0 Å². The summed E-state index contributed by atoms with van der Waals surface area (Å²) in [5, 5.41) is 1.05. The van der Waals surface area contributed by atoms with E-state index in [2.05, 4.69) is 4.72 Å². The smallest absolute Gasteiger partial charge is 0.262 e. The Kier molecular flexibility index (Phi) is 4.04. The molecule has 0 radical (unpaired) electrons. The molecule has 0 unspecified atom stereocenters. The van der Waals surface area contributed by atoms with E-state index in [0.717, 1.165) is 0 Å². The van der Waals surface area contributed by atoms with E-state index in [1.807, 2.05) is 0 Å². The monoisotopic (exact) mass is 315 g/mol. The normalized spacial score (nSPS) is 11.3. The van der Waals surface area contributed by atoms with Gasteiger partial charge in [-0.25, -0.2) is 8.42 Å². The second kappa shape index (κ2) is 5.41. The SMILES string of the molecule is Cc1cc(Cl)ccc1S(=O)(=O)Nc1ccc(Cl)cc1. The van der Waals surface area contributed by atoms with Gasteiger partial charge < -0.3 is 0 Å². The first kappa shape index (κ1) is 14.2. The molecule has 2 aromatic rings. The van der Waals surface area contributed by atoms with Crippen molar-refractivity contribution in [3.63, 3.8) is 0 Å². The van der Waals surface area contributed by atoms with Gasteiger partial charge in [0.05, 0.1) is 4.90 Å². The van der Waals surface area contributed by atoms with Crippen LogP contribution in [0.4, 0.5) is 5.69 Å². The molecule has 0 saturated heterocycles. The molecule has 0 saturated carbocycles. The number of rotatable bonds is 3. The summed E-state index contributed by atoms with van der Waals surface area (Å²) in [5.41, 5.74) is 1.05. The number of hydrogen-bond donors (Lipinski definition) is 1. The standard InChI is InChI=1S/C13H11Cl2NO2S/c1-9-8-11(15)4-7-13(9)19(17,18)16-12-5-2-10(14)3-6-12/h2-8,16H,1H3. The highest BCUT2D eigenvalue weighted by Gasteiger charge is 2.16. The van der Waals surface area contributed by atoms with Crippen LogP contribution >= 0.6 is 23.2 Å². The molecule has 0 heterocycles. The Bertz CT molecular complexity index is 697. The average Bonchev–Trinajstić information content (AvgIpc) is 2.31. The third kappa shape index (κ3) is 3.41. The molecule has 0 spiro atoms. The van der Waals surface area contributed by atoms with E-state index < -0.39 is 10.0 Å². The minimum Gasteiger partial charge on any atom is -0.280 e. The predicted molar refractivity (Wildman–Crippen MR) is 78.4 cm³/mol. The summed E-state index contributed by atoms with van der Waals surface area (Å²) in [6.45, 7) is 1.70. The maximum absolute atomic E-state index is 12.2. The van der Waals surface area contributed by atoms with Crippen molar-refractivity contribution in [3.05, 3.63) is 58.1 Å². The van der Waals surface area contributed by atoms with Gasteiger partial charge in [0.15, 0.2) is 0 Å². The van der Waals surface area contributed by atoms with Gasteiger partial charge in [0, 0.05) is 15.7 Å². The van der Waals surface area contributed by atoms with E-state index in [4.69, 9.17) is 23.2 Å². The largest absolute Gasteiger partial charge is 0.280 e. The molecular weight excluding hydrogens is 305 g/mol. The lowest BCUT2D eigenvalue weighted by Crippen LogP contribution is -2.14. The van der Waals surface area contributed by atoms with Crippen LogP contribution in [-0.2, 0) is 10.0 Å². The summed E-state index contributed by atoms with van der Waals surface area (Å²) in [5.74, 6) is 0. The Hall–Kier alpha value is -1.23. The number of hydrogen-bond acceptors (Lipinski definition) is 2. The summed E-state index contributed by atoms with van der Waals surface area (Å²) >= 11 is 11.6. The zero-order valence-corrected chi connectivity index (χ0v) is 12.4. The zero-order chi connectivity index (χ0) is 14.0. The van der Waals surface area contributed by atoms with Crippen molar-refractivity contribution < 1.29 is 8.42 Å². The predicted octanol–water partition coefficient (Wildman–Crippen LogP) is 4.10. The van der Waals surface area contributed by atoms with Crippen molar-refractivity contribution in [2.24, 2.45) is 0 Å². The quantitative estimate of drug-likeness (QED) is 0.926. The fraction of sp³-hybridized carbons (Fsp3) is 0.0769. The summed E-state index contributed by atoms with van der Waals surface area (Å²) in [7, 11) is -3.63. The minimum absolute atomic E-state index is 0.201. The zero-order valence-electron chi connectivity index (χ0n) is 10.0. The van der Waals surface area contributed by atoms with Crippen molar-refractivity contribution in [3.8, 4) is 0 Å². The molecule has 0 aliphatic rings. The fourth-order valence-corrected chi connectivity index (χ4v) is 3.28. The van der Waals surface area contributed by atoms with Crippen molar-refractivity contribution in [2.45, 2.75) is 11.8 Å². The fourth-order valence-electron chi connectivity index (χ4n) is 1.64. The first-order valence-corrected chi connectivity index (χ1v) is 7.67. The maximum atomic E-state index is 12.2. The number of aryl methyl sites for hydroxylation is 1. The molecule has 19 heavy (non-hydrogen) atoms. The van der Waals surface area contributed by atoms with Crippen LogP contribution in [0.3, 0.4) is 0 Å². The van der Waals surface area contributed by atoms with Crippen LogP contribution in [0.2, 0.25) is 10.0 Å². The van der Waals surface area contributed by atoms with Gasteiger partial charge in [0.25, 0.3) is 10.0 Å². The first-order valence-electron chi connectivity index (χ1n) is 5.43. The summed E-state index contributed by atoms with van der Waals surface area (Å²) < 4.78 is 27.0. The third-order valence-electron chi connectivity index (χ3n) is 2.52. The summed E-state index contributed by atoms with van der Waals surface area (Å²) in [4.78, 5) is 0.201. The van der Waals surface area contributed by atoms with Gasteiger partial charge in [0.2, 0.25) is 0 Å². The Labute approximate surface area is 122 Å². The molecule has 0 aromatic heterocycles. The lowest BCUT2D eigenvalue weighted by Gasteiger charge is -2.10. The van der Waals surface area contributed by atoms with Gasteiger partial charge in [0.1, 0.15) is 0 Å². The molecule has 0 aliphatic carbocycles. The highest BCUT2D eigenvalue weighted by Crippen LogP contribution is 2.23. The molecule has 3 nitrogen and oxygen atoms in total. The van der Waals surface area contributed by atoms with Crippen LogP contribution < -0.4 is 4.72 Å². The molecular formula is C13H11Cl2NO2S. The Morgan fingerprint density at radius 1 is 0.947 bits per heavy atom. The number of anilines is 1. The lowest BCUT2D eigenvalue weighted by molar-refractivity contribution is 0.600.